The Morgan fingerprint density at radius 3 is 1.14 bits per heavy atom. The molecule has 0 aliphatic carbocycles. The summed E-state index contributed by atoms with van der Waals surface area (Å²) in [6, 6.07) is 0. The van der Waals surface area contributed by atoms with E-state index in [2.05, 4.69) is 0 Å². The van der Waals surface area contributed by atoms with Gasteiger partial charge in [-0.15, -0.1) is 0 Å². The van der Waals surface area contributed by atoms with Crippen LogP contribution in [-0.4, -0.2) is 70.4 Å². The minimum atomic E-state index is -5.11. The molecular formula is H7AlFNaO3Si. The first-order valence-electron chi connectivity index (χ1n) is 0.860. The molecule has 0 spiro atoms. The fourth-order valence-corrected chi connectivity index (χ4v) is 0. The number of hydrogen-bond donors (Lipinski definition) is 3. The Balaban J connectivity index is -0.0000000800. The van der Waals surface area contributed by atoms with Crippen molar-refractivity contribution >= 4 is 56.1 Å². The summed E-state index contributed by atoms with van der Waals surface area (Å²) in [7, 11) is -5.11. The molecule has 0 fully saturated rings. The molecule has 0 amide bonds. The quantitative estimate of drug-likeness (QED) is 0.250. The van der Waals surface area contributed by atoms with Gasteiger partial charge < -0.3 is 14.4 Å². The molecule has 0 aliphatic heterocycles. The summed E-state index contributed by atoms with van der Waals surface area (Å²) in [5, 5.41) is 0. The summed E-state index contributed by atoms with van der Waals surface area (Å²) in [6.45, 7) is 0. The van der Waals surface area contributed by atoms with E-state index in [0.29, 0.717) is 0 Å². The van der Waals surface area contributed by atoms with Crippen LogP contribution in [0.25, 0.3) is 0 Å². The average Bonchev–Trinajstić information content (AvgIpc) is 0.722. The second-order valence-corrected chi connectivity index (χ2v) is 1.66. The van der Waals surface area contributed by atoms with Crippen molar-refractivity contribution in [3.05, 3.63) is 0 Å². The van der Waals surface area contributed by atoms with E-state index in [9.17, 15) is 4.11 Å². The molecule has 40 valence electrons. The molecular weight excluding hydrogens is 145 g/mol. The molecule has 0 rings (SSSR count). The van der Waals surface area contributed by atoms with Crippen molar-refractivity contribution in [2.45, 2.75) is 0 Å². The molecule has 0 saturated carbocycles. The van der Waals surface area contributed by atoms with Gasteiger partial charge in [-0.2, -0.15) is 0 Å². The second-order valence-electron chi connectivity index (χ2n) is 0.554. The number of halogens is 1. The van der Waals surface area contributed by atoms with E-state index in [1.165, 1.54) is 0 Å². The van der Waals surface area contributed by atoms with Crippen LogP contribution in [0.3, 0.4) is 0 Å². The van der Waals surface area contributed by atoms with Gasteiger partial charge in [-0.25, -0.2) is 4.11 Å². The van der Waals surface area contributed by atoms with Crippen LogP contribution in [0.15, 0.2) is 0 Å². The van der Waals surface area contributed by atoms with Crippen LogP contribution in [0.5, 0.6) is 0 Å². The second kappa shape index (κ2) is 5.69. The fraction of sp³-hybridized carbons (Fsp3) is 0. The first-order valence-corrected chi connectivity index (χ1v) is 2.58. The van der Waals surface area contributed by atoms with Gasteiger partial charge in [0.1, 0.15) is 0 Å². The van der Waals surface area contributed by atoms with Crippen molar-refractivity contribution in [1.29, 1.82) is 0 Å². The van der Waals surface area contributed by atoms with Gasteiger partial charge in [0.25, 0.3) is 0 Å². The van der Waals surface area contributed by atoms with E-state index in [0.717, 1.165) is 0 Å². The van der Waals surface area contributed by atoms with E-state index in [1.54, 1.807) is 0 Å². The molecule has 0 aromatic heterocycles. The summed E-state index contributed by atoms with van der Waals surface area (Å²) < 4.78 is 10.5. The van der Waals surface area contributed by atoms with Crippen LogP contribution in [0.4, 0.5) is 4.11 Å². The van der Waals surface area contributed by atoms with Crippen molar-refractivity contribution in [1.82, 2.24) is 0 Å². The molecule has 0 saturated heterocycles. The maximum absolute atomic E-state index is 10.5. The fourth-order valence-electron chi connectivity index (χ4n) is 0. The molecule has 3 N–H and O–H groups in total. The number of hydrogen-bond acceptors (Lipinski definition) is 3. The van der Waals surface area contributed by atoms with Gasteiger partial charge in [0.2, 0.25) is 0 Å². The van der Waals surface area contributed by atoms with E-state index in [4.69, 9.17) is 14.4 Å². The maximum atomic E-state index is 10.5. The summed E-state index contributed by atoms with van der Waals surface area (Å²) in [4.78, 5) is 21.3. The van der Waals surface area contributed by atoms with Gasteiger partial charge in [-0.05, 0) is 0 Å². The standard InChI is InChI=1S/Al.FH3O3Si.Na.4H/c;1-5(2,3)4;;;;;/h;2-4H;;;;;. The molecule has 0 radical (unpaired) electrons. The third-order valence-electron chi connectivity index (χ3n) is 0. The first-order chi connectivity index (χ1) is 2.00. The predicted molar refractivity (Wildman–Crippen MR) is 30.6 cm³/mol. The molecule has 7 heteroatoms. The van der Waals surface area contributed by atoms with Gasteiger partial charge in [0, 0.05) is 0 Å². The zero-order chi connectivity index (χ0) is 4.50. The topological polar surface area (TPSA) is 60.7 Å². The Bertz CT molecular complexity index is 30.4. The predicted octanol–water partition coefficient (Wildman–Crippen LogP) is -3.46. The molecule has 7 heavy (non-hydrogen) atoms. The van der Waals surface area contributed by atoms with Crippen molar-refractivity contribution in [2.75, 3.05) is 0 Å². The van der Waals surface area contributed by atoms with Gasteiger partial charge in [0.15, 0.2) is 17.4 Å². The normalized spacial score (nSPS) is 8.57. The van der Waals surface area contributed by atoms with E-state index in [-0.39, 0.29) is 46.9 Å². The van der Waals surface area contributed by atoms with E-state index >= 15 is 0 Å². The van der Waals surface area contributed by atoms with Crippen LogP contribution in [0.1, 0.15) is 0 Å². The molecule has 0 aliphatic rings. The summed E-state index contributed by atoms with van der Waals surface area (Å²) in [6.07, 6.45) is 0. The van der Waals surface area contributed by atoms with Crippen LogP contribution in [0.2, 0.25) is 0 Å². The Kier molecular flexibility index (Phi) is 12.9. The van der Waals surface area contributed by atoms with Gasteiger partial charge in [0.05, 0.1) is 0 Å². The van der Waals surface area contributed by atoms with Gasteiger partial charge >= 0.3 is 38.7 Å². The third kappa shape index (κ3) is 96.1. The summed E-state index contributed by atoms with van der Waals surface area (Å²) in [5.74, 6) is 0. The zero-order valence-electron chi connectivity index (χ0n) is 2.22. The van der Waals surface area contributed by atoms with Gasteiger partial charge in [-0.1, -0.05) is 0 Å². The Labute approximate surface area is 74.1 Å². The van der Waals surface area contributed by atoms with Crippen LogP contribution < -0.4 is 0 Å². The Hall–Kier alpha value is 1.56. The molecule has 0 aromatic carbocycles. The first kappa shape index (κ1) is 15.8. The average molecular weight is 152 g/mol. The number of rotatable bonds is 0. The minimum absolute atomic E-state index is 0. The molecule has 0 aromatic rings. The van der Waals surface area contributed by atoms with Crippen molar-refractivity contribution in [2.24, 2.45) is 0 Å². The van der Waals surface area contributed by atoms with Gasteiger partial charge in [-0.3, -0.25) is 0 Å². The van der Waals surface area contributed by atoms with Crippen LogP contribution >= 0.6 is 0 Å². The van der Waals surface area contributed by atoms with Crippen LogP contribution in [-0.2, 0) is 0 Å². The van der Waals surface area contributed by atoms with Crippen molar-refractivity contribution in [3.8, 4) is 0 Å². The van der Waals surface area contributed by atoms with Crippen molar-refractivity contribution in [3.63, 3.8) is 0 Å². The third-order valence-corrected chi connectivity index (χ3v) is 0. The molecule has 3 nitrogen and oxygen atoms in total. The molecule has 0 unspecified atom stereocenters. The van der Waals surface area contributed by atoms with E-state index in [1.807, 2.05) is 0 Å². The SMILES string of the molecule is O[Si](O)(O)F.[AlH3].[NaH]. The molecule has 0 atom stereocenters. The summed E-state index contributed by atoms with van der Waals surface area (Å²) in [5.41, 5.74) is 0. The monoisotopic (exact) mass is 152 g/mol. The molecule has 0 heterocycles. The van der Waals surface area contributed by atoms with E-state index < -0.39 is 9.14 Å². The molecule has 0 bridgehead atoms. The Morgan fingerprint density at radius 1 is 1.14 bits per heavy atom. The van der Waals surface area contributed by atoms with Crippen LogP contribution in [0, 0.1) is 0 Å². The summed E-state index contributed by atoms with van der Waals surface area (Å²) >= 11 is 0. The van der Waals surface area contributed by atoms with Crippen molar-refractivity contribution < 1.29 is 18.5 Å². The zero-order valence-corrected chi connectivity index (χ0v) is 3.22. The Morgan fingerprint density at radius 2 is 1.14 bits per heavy atom.